The molecule has 0 spiro atoms. The third-order valence-electron chi connectivity index (χ3n) is 4.55. The lowest BCUT2D eigenvalue weighted by molar-refractivity contribution is -0.305. The fourth-order valence-corrected chi connectivity index (χ4v) is 3.07. The van der Waals surface area contributed by atoms with E-state index in [1.807, 2.05) is 60.7 Å². The van der Waals surface area contributed by atoms with E-state index in [1.165, 1.54) is 7.11 Å². The van der Waals surface area contributed by atoms with Gasteiger partial charge in [0.25, 0.3) is 0 Å². The number of hydrogen-bond donors (Lipinski definition) is 2. The lowest BCUT2D eigenvalue weighted by Gasteiger charge is -2.41. The number of aliphatic hydroxyl groups excluding tert-OH is 2. The van der Waals surface area contributed by atoms with Crippen molar-refractivity contribution in [2.45, 2.75) is 43.9 Å². The highest BCUT2D eigenvalue weighted by molar-refractivity contribution is 5.14. The Kier molecular flexibility index (Phi) is 7.34. The molecule has 0 radical (unpaired) electrons. The Morgan fingerprint density at radius 2 is 1.44 bits per heavy atom. The highest BCUT2D eigenvalue weighted by Gasteiger charge is 2.45. The van der Waals surface area contributed by atoms with Gasteiger partial charge in [0.1, 0.15) is 24.4 Å². The molecule has 146 valence electrons. The van der Waals surface area contributed by atoms with E-state index >= 15 is 0 Å². The molecule has 27 heavy (non-hydrogen) atoms. The number of benzene rings is 2. The number of aliphatic hydroxyl groups is 2. The van der Waals surface area contributed by atoms with Crippen molar-refractivity contribution in [1.82, 2.24) is 0 Å². The first-order valence-corrected chi connectivity index (χ1v) is 9.00. The molecule has 2 aromatic carbocycles. The summed E-state index contributed by atoms with van der Waals surface area (Å²) in [6, 6.07) is 19.4. The van der Waals surface area contributed by atoms with E-state index in [0.717, 1.165) is 11.1 Å². The van der Waals surface area contributed by atoms with Crippen molar-refractivity contribution in [3.63, 3.8) is 0 Å². The molecule has 0 aliphatic carbocycles. The molecular formula is C21H26O6. The zero-order valence-electron chi connectivity index (χ0n) is 15.3. The SMILES string of the molecule is COC1OC(COCc2ccccc2)C(OCc2ccccc2)C(O)C1O. The van der Waals surface area contributed by atoms with E-state index in [2.05, 4.69) is 0 Å². The van der Waals surface area contributed by atoms with Crippen LogP contribution in [0.4, 0.5) is 0 Å². The second kappa shape index (κ2) is 9.94. The van der Waals surface area contributed by atoms with Gasteiger partial charge in [-0.15, -0.1) is 0 Å². The van der Waals surface area contributed by atoms with Crippen molar-refractivity contribution < 1.29 is 29.2 Å². The standard InChI is InChI=1S/C21H26O6/c1-24-21-19(23)18(22)20(26-13-16-10-6-3-7-11-16)17(27-21)14-25-12-15-8-4-2-5-9-15/h2-11,17-23H,12-14H2,1H3. The lowest BCUT2D eigenvalue weighted by atomic mass is 9.99. The Hall–Kier alpha value is -1.80. The molecule has 0 amide bonds. The third-order valence-corrected chi connectivity index (χ3v) is 4.55. The van der Waals surface area contributed by atoms with Crippen LogP contribution in [0.2, 0.25) is 0 Å². The van der Waals surface area contributed by atoms with Crippen molar-refractivity contribution in [2.75, 3.05) is 13.7 Å². The van der Waals surface area contributed by atoms with Crippen LogP contribution in [0, 0.1) is 0 Å². The quantitative estimate of drug-likeness (QED) is 0.735. The molecule has 0 aromatic heterocycles. The smallest absolute Gasteiger partial charge is 0.186 e. The molecule has 6 nitrogen and oxygen atoms in total. The molecule has 0 bridgehead atoms. The molecule has 2 N–H and O–H groups in total. The van der Waals surface area contributed by atoms with Crippen LogP contribution in [0.15, 0.2) is 60.7 Å². The van der Waals surface area contributed by atoms with E-state index in [9.17, 15) is 10.2 Å². The summed E-state index contributed by atoms with van der Waals surface area (Å²) in [5, 5.41) is 20.7. The van der Waals surface area contributed by atoms with Crippen LogP contribution in [-0.2, 0) is 32.2 Å². The molecule has 1 saturated heterocycles. The monoisotopic (exact) mass is 374 g/mol. The van der Waals surface area contributed by atoms with Gasteiger partial charge in [-0.2, -0.15) is 0 Å². The first-order chi connectivity index (χ1) is 13.2. The van der Waals surface area contributed by atoms with Crippen LogP contribution >= 0.6 is 0 Å². The zero-order valence-corrected chi connectivity index (χ0v) is 15.3. The number of methoxy groups -OCH3 is 1. The van der Waals surface area contributed by atoms with Crippen molar-refractivity contribution in [3.05, 3.63) is 71.8 Å². The summed E-state index contributed by atoms with van der Waals surface area (Å²) in [6.45, 7) is 0.922. The van der Waals surface area contributed by atoms with Gasteiger partial charge >= 0.3 is 0 Å². The Morgan fingerprint density at radius 3 is 2.04 bits per heavy atom. The molecule has 1 heterocycles. The predicted octanol–water partition coefficient (Wildman–Crippen LogP) is 1.88. The fraction of sp³-hybridized carbons (Fsp3) is 0.429. The van der Waals surface area contributed by atoms with E-state index in [0.29, 0.717) is 13.2 Å². The van der Waals surface area contributed by atoms with Gasteiger partial charge in [-0.3, -0.25) is 0 Å². The summed E-state index contributed by atoms with van der Waals surface area (Å²) in [6.07, 6.45) is -4.57. The van der Waals surface area contributed by atoms with E-state index in [-0.39, 0.29) is 6.61 Å². The van der Waals surface area contributed by atoms with Crippen LogP contribution in [0.5, 0.6) is 0 Å². The highest BCUT2D eigenvalue weighted by Crippen LogP contribution is 2.25. The van der Waals surface area contributed by atoms with Crippen LogP contribution in [0.3, 0.4) is 0 Å². The van der Waals surface area contributed by atoms with Crippen LogP contribution < -0.4 is 0 Å². The average molecular weight is 374 g/mol. The van der Waals surface area contributed by atoms with Crippen LogP contribution in [0.1, 0.15) is 11.1 Å². The van der Waals surface area contributed by atoms with Gasteiger partial charge in [-0.1, -0.05) is 60.7 Å². The topological polar surface area (TPSA) is 77.4 Å². The number of rotatable bonds is 8. The van der Waals surface area contributed by atoms with E-state index in [4.69, 9.17) is 18.9 Å². The van der Waals surface area contributed by atoms with E-state index in [1.54, 1.807) is 0 Å². The van der Waals surface area contributed by atoms with Gasteiger partial charge in [0.15, 0.2) is 6.29 Å². The molecule has 2 aromatic rings. The van der Waals surface area contributed by atoms with Crippen molar-refractivity contribution >= 4 is 0 Å². The molecule has 3 rings (SSSR count). The van der Waals surface area contributed by atoms with Gasteiger partial charge < -0.3 is 29.2 Å². The molecule has 0 saturated carbocycles. The Balaban J connectivity index is 1.62. The second-order valence-corrected chi connectivity index (χ2v) is 6.52. The minimum Gasteiger partial charge on any atom is -0.387 e. The van der Waals surface area contributed by atoms with Crippen molar-refractivity contribution in [1.29, 1.82) is 0 Å². The molecule has 5 atom stereocenters. The molecule has 1 aliphatic heterocycles. The molecule has 5 unspecified atom stereocenters. The Bertz CT molecular complexity index is 665. The van der Waals surface area contributed by atoms with Gasteiger partial charge in [0.2, 0.25) is 0 Å². The lowest BCUT2D eigenvalue weighted by Crippen LogP contribution is -2.60. The number of hydrogen-bond acceptors (Lipinski definition) is 6. The van der Waals surface area contributed by atoms with E-state index < -0.39 is 30.7 Å². The normalized spacial score (nSPS) is 28.2. The van der Waals surface area contributed by atoms with Gasteiger partial charge in [-0.25, -0.2) is 0 Å². The van der Waals surface area contributed by atoms with Crippen molar-refractivity contribution in [2.24, 2.45) is 0 Å². The van der Waals surface area contributed by atoms with Crippen LogP contribution in [-0.4, -0.2) is 54.6 Å². The molecular weight excluding hydrogens is 348 g/mol. The minimum atomic E-state index is -1.19. The fourth-order valence-electron chi connectivity index (χ4n) is 3.07. The molecule has 1 fully saturated rings. The summed E-state index contributed by atoms with van der Waals surface area (Å²) in [4.78, 5) is 0. The first-order valence-electron chi connectivity index (χ1n) is 9.00. The summed E-state index contributed by atoms with van der Waals surface area (Å²) < 4.78 is 22.6. The van der Waals surface area contributed by atoms with Gasteiger partial charge in [0, 0.05) is 7.11 Å². The predicted molar refractivity (Wildman–Crippen MR) is 98.8 cm³/mol. The third kappa shape index (κ3) is 5.35. The number of ether oxygens (including phenoxy) is 4. The van der Waals surface area contributed by atoms with Crippen LogP contribution in [0.25, 0.3) is 0 Å². The maximum atomic E-state index is 10.5. The second-order valence-electron chi connectivity index (χ2n) is 6.52. The maximum Gasteiger partial charge on any atom is 0.186 e. The Labute approximate surface area is 159 Å². The van der Waals surface area contributed by atoms with Gasteiger partial charge in [-0.05, 0) is 11.1 Å². The molecule has 6 heteroatoms. The van der Waals surface area contributed by atoms with Crippen molar-refractivity contribution in [3.8, 4) is 0 Å². The Morgan fingerprint density at radius 1 is 0.852 bits per heavy atom. The maximum absolute atomic E-state index is 10.5. The zero-order chi connectivity index (χ0) is 19.1. The minimum absolute atomic E-state index is 0.206. The largest absolute Gasteiger partial charge is 0.387 e. The highest BCUT2D eigenvalue weighted by atomic mass is 16.7. The first kappa shape index (κ1) is 19.9. The molecule has 1 aliphatic rings. The summed E-state index contributed by atoms with van der Waals surface area (Å²) in [7, 11) is 1.42. The summed E-state index contributed by atoms with van der Waals surface area (Å²) in [5.74, 6) is 0. The average Bonchev–Trinajstić information content (AvgIpc) is 2.71. The summed E-state index contributed by atoms with van der Waals surface area (Å²) >= 11 is 0. The van der Waals surface area contributed by atoms with Gasteiger partial charge in [0.05, 0.1) is 19.8 Å². The summed E-state index contributed by atoms with van der Waals surface area (Å²) in [5.41, 5.74) is 2.01.